The lowest BCUT2D eigenvalue weighted by atomic mass is 9.76. The molecule has 0 nitrogen and oxygen atoms in total. The van der Waals surface area contributed by atoms with Crippen LogP contribution in [0.4, 0.5) is 57.1 Å². The number of halogens is 14. The maximum absolute atomic E-state index is 13.2. The molecule has 0 aliphatic carbocycles. The second-order valence-corrected chi connectivity index (χ2v) is 4.27. The van der Waals surface area contributed by atoms with E-state index in [-0.39, 0.29) is 0 Å². The Morgan fingerprint density at radius 3 is 1.00 bits per heavy atom. The maximum atomic E-state index is 13.2. The Labute approximate surface area is 121 Å². The standard InChI is InChI=1S/C8H2BrF13/c9-2-1-3(6(14,15)16,7(17,18)19)4(10,11)5(12,13)8(20,21)22/h1-2H/b2-1+. The molecule has 0 bridgehead atoms. The Morgan fingerprint density at radius 2 is 0.818 bits per heavy atom. The van der Waals surface area contributed by atoms with Crippen molar-refractivity contribution < 1.29 is 57.1 Å². The molecule has 0 N–H and O–H groups in total. The molecule has 0 fully saturated rings. The largest absolute Gasteiger partial charge is 0.459 e. The van der Waals surface area contributed by atoms with E-state index in [2.05, 4.69) is 0 Å². The van der Waals surface area contributed by atoms with E-state index in [9.17, 15) is 57.1 Å². The van der Waals surface area contributed by atoms with Gasteiger partial charge in [0, 0.05) is 0 Å². The molecule has 0 spiro atoms. The van der Waals surface area contributed by atoms with Gasteiger partial charge >= 0.3 is 30.4 Å². The third-order valence-corrected chi connectivity index (χ3v) is 2.72. The van der Waals surface area contributed by atoms with Gasteiger partial charge in [-0.2, -0.15) is 57.1 Å². The zero-order valence-corrected chi connectivity index (χ0v) is 11.0. The highest BCUT2D eigenvalue weighted by Crippen LogP contribution is 2.66. The molecule has 0 rings (SSSR count). The maximum Gasteiger partial charge on any atom is 0.459 e. The van der Waals surface area contributed by atoms with Crippen molar-refractivity contribution in [3.05, 3.63) is 11.1 Å². The van der Waals surface area contributed by atoms with Crippen LogP contribution in [0.1, 0.15) is 0 Å². The molecule has 0 aromatic rings. The van der Waals surface area contributed by atoms with Crippen LogP contribution in [0.15, 0.2) is 11.1 Å². The highest BCUT2D eigenvalue weighted by Gasteiger charge is 2.91. The molecule has 14 heteroatoms. The van der Waals surface area contributed by atoms with Crippen molar-refractivity contribution >= 4 is 15.9 Å². The Hall–Kier alpha value is -0.690. The summed E-state index contributed by atoms with van der Waals surface area (Å²) < 4.78 is 162. The lowest BCUT2D eigenvalue weighted by Gasteiger charge is -2.43. The topological polar surface area (TPSA) is 0 Å². The summed E-state index contributed by atoms with van der Waals surface area (Å²) in [4.78, 5) is -0.533. The number of hydrogen-bond donors (Lipinski definition) is 0. The summed E-state index contributed by atoms with van der Waals surface area (Å²) in [7, 11) is 0. The van der Waals surface area contributed by atoms with E-state index in [0.717, 1.165) is 0 Å². The lowest BCUT2D eigenvalue weighted by Crippen LogP contribution is -2.69. The molecule has 22 heavy (non-hydrogen) atoms. The third kappa shape index (κ3) is 2.77. The first-order chi connectivity index (χ1) is 9.31. The van der Waals surface area contributed by atoms with Crippen molar-refractivity contribution in [2.45, 2.75) is 30.4 Å². The molecule has 0 unspecified atom stereocenters. The van der Waals surface area contributed by atoms with Crippen LogP contribution >= 0.6 is 15.9 Å². The zero-order valence-electron chi connectivity index (χ0n) is 9.45. The zero-order chi connectivity index (χ0) is 18.4. The van der Waals surface area contributed by atoms with Crippen LogP contribution in [0, 0.1) is 5.41 Å². The minimum Gasteiger partial charge on any atom is -0.198 e. The van der Waals surface area contributed by atoms with Crippen molar-refractivity contribution in [2.75, 3.05) is 0 Å². The van der Waals surface area contributed by atoms with Crippen LogP contribution in [0.25, 0.3) is 0 Å². The van der Waals surface area contributed by atoms with E-state index in [1.54, 1.807) is 15.9 Å². The van der Waals surface area contributed by atoms with Gasteiger partial charge in [-0.05, 0) is 11.1 Å². The molecule has 0 aliphatic heterocycles. The second-order valence-electron chi connectivity index (χ2n) is 3.74. The van der Waals surface area contributed by atoms with Gasteiger partial charge in [-0.3, -0.25) is 0 Å². The van der Waals surface area contributed by atoms with Gasteiger partial charge in [0.1, 0.15) is 0 Å². The predicted molar refractivity (Wildman–Crippen MR) is 48.6 cm³/mol. The lowest BCUT2D eigenvalue weighted by molar-refractivity contribution is -0.445. The van der Waals surface area contributed by atoms with Gasteiger partial charge < -0.3 is 0 Å². The highest BCUT2D eigenvalue weighted by atomic mass is 79.9. The molecule has 0 aliphatic rings. The Kier molecular flexibility index (Phi) is 5.27. The summed E-state index contributed by atoms with van der Waals surface area (Å²) in [5.74, 6) is -15.2. The average molecular weight is 425 g/mol. The second kappa shape index (κ2) is 5.44. The summed E-state index contributed by atoms with van der Waals surface area (Å²) in [6.07, 6.45) is -23.3. The average Bonchev–Trinajstić information content (AvgIpc) is 2.19. The molecular formula is C8H2BrF13. The predicted octanol–water partition coefficient (Wildman–Crippen LogP) is 5.84. The molecule has 0 aromatic carbocycles. The Morgan fingerprint density at radius 1 is 0.500 bits per heavy atom. The van der Waals surface area contributed by atoms with E-state index in [0.29, 0.717) is 0 Å². The first-order valence-electron chi connectivity index (χ1n) is 4.55. The van der Waals surface area contributed by atoms with E-state index in [1.165, 1.54) is 0 Å². The summed E-state index contributed by atoms with van der Waals surface area (Å²) in [6, 6.07) is 0. The van der Waals surface area contributed by atoms with Crippen LogP contribution < -0.4 is 0 Å². The SMILES string of the molecule is FC(F)(F)C(F)(F)C(F)(F)C(/C=C/Br)(C(F)(F)F)C(F)(F)F. The van der Waals surface area contributed by atoms with E-state index < -0.39 is 46.9 Å². The van der Waals surface area contributed by atoms with Crippen LogP contribution in [0.2, 0.25) is 0 Å². The molecule has 132 valence electrons. The first-order valence-corrected chi connectivity index (χ1v) is 5.46. The molecule has 0 heterocycles. The van der Waals surface area contributed by atoms with Crippen molar-refractivity contribution in [1.82, 2.24) is 0 Å². The van der Waals surface area contributed by atoms with Gasteiger partial charge in [0.2, 0.25) is 5.41 Å². The number of hydrogen-bond acceptors (Lipinski definition) is 0. The van der Waals surface area contributed by atoms with Gasteiger partial charge in [0.05, 0.1) is 0 Å². The van der Waals surface area contributed by atoms with Crippen molar-refractivity contribution in [3.63, 3.8) is 0 Å². The van der Waals surface area contributed by atoms with E-state index in [1.807, 2.05) is 0 Å². The molecular weight excluding hydrogens is 423 g/mol. The van der Waals surface area contributed by atoms with Crippen molar-refractivity contribution in [1.29, 1.82) is 0 Å². The first kappa shape index (κ1) is 21.3. The smallest absolute Gasteiger partial charge is 0.198 e. The van der Waals surface area contributed by atoms with Gasteiger partial charge in [-0.25, -0.2) is 0 Å². The van der Waals surface area contributed by atoms with Crippen molar-refractivity contribution in [3.8, 4) is 0 Å². The fourth-order valence-corrected chi connectivity index (χ4v) is 1.73. The van der Waals surface area contributed by atoms with Gasteiger partial charge in [-0.1, -0.05) is 15.9 Å². The molecule has 0 saturated heterocycles. The Balaban J connectivity index is 6.84. The minimum absolute atomic E-state index is 0.533. The minimum atomic E-state index is -7.61. The third-order valence-electron chi connectivity index (χ3n) is 2.45. The fraction of sp³-hybridized carbons (Fsp3) is 0.750. The van der Waals surface area contributed by atoms with Crippen LogP contribution in [0.5, 0.6) is 0 Å². The summed E-state index contributed by atoms with van der Waals surface area (Å²) >= 11 is 1.74. The normalized spacial score (nSPS) is 16.5. The molecule has 0 atom stereocenters. The molecule has 0 amide bonds. The molecule has 0 saturated carbocycles. The Bertz CT molecular complexity index is 409. The monoisotopic (exact) mass is 424 g/mol. The van der Waals surface area contributed by atoms with Gasteiger partial charge in [0.25, 0.3) is 0 Å². The number of rotatable bonds is 3. The van der Waals surface area contributed by atoms with Crippen molar-refractivity contribution in [2.24, 2.45) is 5.41 Å². The van der Waals surface area contributed by atoms with E-state index >= 15 is 0 Å². The summed E-state index contributed by atoms with van der Waals surface area (Å²) in [5, 5.41) is 0. The van der Waals surface area contributed by atoms with Gasteiger partial charge in [0.15, 0.2) is 0 Å². The molecule has 0 aromatic heterocycles. The number of alkyl halides is 13. The summed E-state index contributed by atoms with van der Waals surface area (Å²) in [6.45, 7) is 0. The van der Waals surface area contributed by atoms with Crippen LogP contribution in [0.3, 0.4) is 0 Å². The van der Waals surface area contributed by atoms with Crippen LogP contribution in [-0.4, -0.2) is 30.4 Å². The quantitative estimate of drug-likeness (QED) is 0.499. The molecule has 0 radical (unpaired) electrons. The van der Waals surface area contributed by atoms with E-state index in [4.69, 9.17) is 0 Å². The number of allylic oxidation sites excluding steroid dienone is 1. The fourth-order valence-electron chi connectivity index (χ4n) is 1.33. The highest BCUT2D eigenvalue weighted by molar-refractivity contribution is 9.11. The van der Waals surface area contributed by atoms with Crippen LogP contribution in [-0.2, 0) is 0 Å². The van der Waals surface area contributed by atoms with Gasteiger partial charge in [-0.15, -0.1) is 0 Å². The summed E-state index contributed by atoms with van der Waals surface area (Å²) in [5.41, 5.74) is -6.77.